The molecule has 0 bridgehead atoms. The fourth-order valence-corrected chi connectivity index (χ4v) is 6.86. The Bertz CT molecular complexity index is 1760. The average Bonchev–Trinajstić information content (AvgIpc) is 3.37. The summed E-state index contributed by atoms with van der Waals surface area (Å²) in [7, 11) is -4.13. The minimum Gasteiger partial charge on any atom is -0.459 e. The van der Waals surface area contributed by atoms with Gasteiger partial charge in [0.05, 0.1) is 22.7 Å². The Morgan fingerprint density at radius 3 is 2.38 bits per heavy atom. The summed E-state index contributed by atoms with van der Waals surface area (Å²) in [4.78, 5) is 30.7. The number of sulfonamides is 1. The van der Waals surface area contributed by atoms with Gasteiger partial charge in [0.1, 0.15) is 17.5 Å². The lowest BCUT2D eigenvalue weighted by Gasteiger charge is -2.25. The molecule has 3 N–H and O–H groups in total. The summed E-state index contributed by atoms with van der Waals surface area (Å²) in [6.45, 7) is 12.8. The van der Waals surface area contributed by atoms with Gasteiger partial charge in [0, 0.05) is 30.2 Å². The Balaban J connectivity index is 1.46. The molecule has 2 aromatic heterocycles. The molecule has 2 atom stereocenters. The maximum Gasteiger partial charge on any atom is 0.326 e. The number of anilines is 1. The number of carbonyl (C=O) groups excluding carboxylic acids is 2. The molecule has 0 radical (unpaired) electrons. The van der Waals surface area contributed by atoms with E-state index in [9.17, 15) is 18.0 Å². The Hall–Kier alpha value is -4.29. The van der Waals surface area contributed by atoms with Gasteiger partial charge in [-0.25, -0.2) is 13.4 Å². The minimum atomic E-state index is -4.13. The van der Waals surface area contributed by atoms with Crippen LogP contribution in [0.3, 0.4) is 0 Å². The predicted molar refractivity (Wildman–Crippen MR) is 175 cm³/mol. The minimum absolute atomic E-state index is 0.0850. The molecule has 45 heavy (non-hydrogen) atoms. The number of nitrogens with one attached hydrogen (secondary N) is 3. The highest BCUT2D eigenvalue weighted by atomic mass is 32.2. The van der Waals surface area contributed by atoms with Crippen molar-refractivity contribution in [1.82, 2.24) is 24.8 Å². The zero-order chi connectivity index (χ0) is 32.9. The van der Waals surface area contributed by atoms with E-state index in [-0.39, 0.29) is 17.5 Å². The molecule has 12 heteroatoms. The summed E-state index contributed by atoms with van der Waals surface area (Å²) in [6.07, 6.45) is 4.25. The summed E-state index contributed by atoms with van der Waals surface area (Å²) in [6, 6.07) is 13.2. The molecule has 4 rings (SSSR count). The van der Waals surface area contributed by atoms with E-state index in [1.165, 1.54) is 0 Å². The third kappa shape index (κ3) is 8.67. The van der Waals surface area contributed by atoms with E-state index < -0.39 is 33.5 Å². The second kappa shape index (κ2) is 13.8. The van der Waals surface area contributed by atoms with Gasteiger partial charge in [-0.05, 0) is 96.3 Å². The van der Waals surface area contributed by atoms with Crippen LogP contribution in [0.1, 0.15) is 67.2 Å². The van der Waals surface area contributed by atoms with E-state index in [4.69, 9.17) is 4.74 Å². The molecule has 0 fully saturated rings. The van der Waals surface area contributed by atoms with Crippen LogP contribution in [0.2, 0.25) is 0 Å². The first-order valence-corrected chi connectivity index (χ1v) is 16.4. The molecular formula is C33H42N6O5S. The molecule has 0 saturated heterocycles. The lowest BCUT2D eigenvalue weighted by molar-refractivity contribution is -0.156. The lowest BCUT2D eigenvalue weighted by atomic mass is 10.1. The van der Waals surface area contributed by atoms with Crippen LogP contribution in [-0.2, 0) is 19.6 Å². The van der Waals surface area contributed by atoms with Crippen molar-refractivity contribution in [2.24, 2.45) is 0 Å². The van der Waals surface area contributed by atoms with Crippen molar-refractivity contribution in [2.75, 3.05) is 18.4 Å². The van der Waals surface area contributed by atoms with Gasteiger partial charge in [0.15, 0.2) is 0 Å². The summed E-state index contributed by atoms with van der Waals surface area (Å²) in [5.74, 6) is -0.447. The van der Waals surface area contributed by atoms with Gasteiger partial charge in [-0.3, -0.25) is 14.3 Å². The Morgan fingerprint density at radius 2 is 1.73 bits per heavy atom. The molecular weight excluding hydrogens is 592 g/mol. The van der Waals surface area contributed by atoms with Crippen molar-refractivity contribution < 1.29 is 22.7 Å². The van der Waals surface area contributed by atoms with Gasteiger partial charge in [0.2, 0.25) is 10.0 Å². The zero-order valence-corrected chi connectivity index (χ0v) is 27.7. The van der Waals surface area contributed by atoms with E-state index in [0.717, 1.165) is 28.7 Å². The number of amides is 1. The van der Waals surface area contributed by atoms with Crippen LogP contribution >= 0.6 is 0 Å². The number of rotatable bonds is 12. The van der Waals surface area contributed by atoms with Crippen LogP contribution in [0.15, 0.2) is 65.8 Å². The SMILES string of the molecule is Cc1cc(C)c(S(=O)(=O)NC(CNC(=O)c2ccc3c(cnn3C(C)CCNc3ccccn3)c2)C(=O)OC(C)(C)C)c(C)c1. The number of ether oxygens (including phenoxy) is 1. The normalized spacial score (nSPS) is 13.3. The highest BCUT2D eigenvalue weighted by Gasteiger charge is 2.32. The number of aromatic nitrogens is 3. The molecule has 240 valence electrons. The standard InChI is InChI=1S/C33H42N6O5S/c1-21-16-22(2)30(23(3)17-21)45(42,43)38-27(32(41)44-33(5,6)7)20-36-31(40)25-11-12-28-26(18-25)19-37-39(28)24(4)13-15-35-29-10-8-9-14-34-29/h8-12,14,16-19,24,27,38H,13,15,20H2,1-7H3,(H,34,35)(H,36,40). The molecule has 2 heterocycles. The van der Waals surface area contributed by atoms with Gasteiger partial charge >= 0.3 is 5.97 Å². The quantitative estimate of drug-likeness (QED) is 0.188. The molecule has 0 aliphatic carbocycles. The number of aryl methyl sites for hydroxylation is 3. The second-order valence-corrected chi connectivity index (χ2v) is 13.9. The zero-order valence-electron chi connectivity index (χ0n) is 26.8. The van der Waals surface area contributed by atoms with Crippen molar-refractivity contribution in [1.29, 1.82) is 0 Å². The maximum atomic E-state index is 13.5. The van der Waals surface area contributed by atoms with E-state index in [1.807, 2.05) is 35.9 Å². The smallest absolute Gasteiger partial charge is 0.326 e. The van der Waals surface area contributed by atoms with Crippen LogP contribution in [-0.4, -0.2) is 59.8 Å². The third-order valence-corrected chi connectivity index (χ3v) is 8.91. The van der Waals surface area contributed by atoms with Crippen molar-refractivity contribution in [2.45, 2.75) is 77.5 Å². The first-order chi connectivity index (χ1) is 21.1. The van der Waals surface area contributed by atoms with E-state index in [1.54, 1.807) is 71.3 Å². The van der Waals surface area contributed by atoms with Crippen LogP contribution in [0.5, 0.6) is 0 Å². The monoisotopic (exact) mass is 634 g/mol. The van der Waals surface area contributed by atoms with Gasteiger partial charge in [-0.2, -0.15) is 9.82 Å². The molecule has 1 amide bonds. The van der Waals surface area contributed by atoms with Crippen molar-refractivity contribution in [3.63, 3.8) is 0 Å². The maximum absolute atomic E-state index is 13.5. The fourth-order valence-electron chi connectivity index (χ4n) is 5.22. The topological polar surface area (TPSA) is 144 Å². The Kier molecular flexibility index (Phi) is 10.3. The fraction of sp³-hybridized carbons (Fsp3) is 0.394. The number of esters is 1. The van der Waals surface area contributed by atoms with Crippen LogP contribution in [0, 0.1) is 20.8 Å². The summed E-state index contributed by atoms with van der Waals surface area (Å²) in [5, 5.41) is 11.3. The van der Waals surface area contributed by atoms with Crippen molar-refractivity contribution >= 4 is 38.6 Å². The van der Waals surface area contributed by atoms with E-state index in [0.29, 0.717) is 23.2 Å². The molecule has 4 aromatic rings. The molecule has 2 aromatic carbocycles. The molecule has 0 aliphatic heterocycles. The molecule has 0 saturated carbocycles. The highest BCUT2D eigenvalue weighted by Crippen LogP contribution is 2.23. The molecule has 11 nitrogen and oxygen atoms in total. The van der Waals surface area contributed by atoms with Crippen LogP contribution in [0.25, 0.3) is 10.9 Å². The van der Waals surface area contributed by atoms with Crippen LogP contribution < -0.4 is 15.4 Å². The number of fused-ring (bicyclic) bond motifs is 1. The van der Waals surface area contributed by atoms with Crippen molar-refractivity contribution in [3.8, 4) is 0 Å². The van der Waals surface area contributed by atoms with E-state index >= 15 is 0 Å². The molecule has 0 aliphatic rings. The molecule has 0 spiro atoms. The Morgan fingerprint density at radius 1 is 1.02 bits per heavy atom. The number of carbonyl (C=O) groups is 2. The number of nitrogens with zero attached hydrogens (tertiary/aromatic N) is 3. The summed E-state index contributed by atoms with van der Waals surface area (Å²) < 4.78 is 36.8. The number of hydrogen-bond acceptors (Lipinski definition) is 8. The second-order valence-electron chi connectivity index (χ2n) is 12.3. The first kappa shape index (κ1) is 33.6. The lowest BCUT2D eigenvalue weighted by Crippen LogP contribution is -2.50. The predicted octanol–water partition coefficient (Wildman–Crippen LogP) is 4.84. The number of hydrogen-bond donors (Lipinski definition) is 3. The van der Waals surface area contributed by atoms with Gasteiger partial charge < -0.3 is 15.4 Å². The number of benzene rings is 2. The van der Waals surface area contributed by atoms with Gasteiger partial charge in [-0.15, -0.1) is 0 Å². The van der Waals surface area contributed by atoms with Crippen LogP contribution in [0.4, 0.5) is 5.82 Å². The highest BCUT2D eigenvalue weighted by molar-refractivity contribution is 7.89. The summed E-state index contributed by atoms with van der Waals surface area (Å²) >= 11 is 0. The van der Waals surface area contributed by atoms with Gasteiger partial charge in [0.25, 0.3) is 5.91 Å². The summed E-state index contributed by atoms with van der Waals surface area (Å²) in [5.41, 5.74) is 2.40. The Labute approximate surface area is 264 Å². The third-order valence-electron chi connectivity index (χ3n) is 7.14. The molecule has 2 unspecified atom stereocenters. The number of pyridine rings is 1. The van der Waals surface area contributed by atoms with Gasteiger partial charge in [-0.1, -0.05) is 23.8 Å². The largest absolute Gasteiger partial charge is 0.459 e. The average molecular weight is 635 g/mol. The van der Waals surface area contributed by atoms with Crippen molar-refractivity contribution in [3.05, 3.63) is 83.2 Å². The van der Waals surface area contributed by atoms with E-state index in [2.05, 4.69) is 32.4 Å². The first-order valence-electron chi connectivity index (χ1n) is 14.9.